The van der Waals surface area contributed by atoms with Gasteiger partial charge in [0.05, 0.1) is 34.8 Å². The van der Waals surface area contributed by atoms with E-state index >= 15 is 0 Å². The number of amidine groups is 1. The minimum absolute atomic E-state index is 0.0737. The molecule has 0 unspecified atom stereocenters. The molecule has 34 heavy (non-hydrogen) atoms. The maximum absolute atomic E-state index is 5.85. The van der Waals surface area contributed by atoms with Gasteiger partial charge in [0.25, 0.3) is 0 Å². The molecule has 0 atom stereocenters. The fourth-order valence-electron chi connectivity index (χ4n) is 4.09. The second-order valence-corrected chi connectivity index (χ2v) is 8.54. The summed E-state index contributed by atoms with van der Waals surface area (Å²) in [6.45, 7) is 11.6. The summed E-state index contributed by atoms with van der Waals surface area (Å²) in [4.78, 5) is 24.4. The lowest BCUT2D eigenvalue weighted by molar-refractivity contribution is 0.392. The first-order valence-corrected chi connectivity index (χ1v) is 11.0. The van der Waals surface area contributed by atoms with E-state index in [-0.39, 0.29) is 6.04 Å². The third kappa shape index (κ3) is 3.85. The Kier molecular flexibility index (Phi) is 5.99. The number of nitrogens with two attached hydrogens (primary N) is 1. The van der Waals surface area contributed by atoms with E-state index in [0.717, 1.165) is 39.1 Å². The molecule has 0 aliphatic heterocycles. The van der Waals surface area contributed by atoms with Gasteiger partial charge < -0.3 is 24.9 Å². The number of aryl methyl sites for hydroxylation is 3. The number of hydrogen-bond acceptors (Lipinski definition) is 8. The Hall–Kier alpha value is -3.95. The van der Waals surface area contributed by atoms with Crippen molar-refractivity contribution in [1.29, 1.82) is 0 Å². The number of ether oxygens (including phenoxy) is 1. The number of aliphatic imine (C=N–C) groups is 1. The van der Waals surface area contributed by atoms with Crippen LogP contribution in [0.15, 0.2) is 27.4 Å². The van der Waals surface area contributed by atoms with Crippen molar-refractivity contribution in [1.82, 2.24) is 25.1 Å². The second kappa shape index (κ2) is 8.77. The van der Waals surface area contributed by atoms with Gasteiger partial charge in [-0.25, -0.2) is 15.0 Å². The topological polar surface area (TPSA) is 131 Å². The van der Waals surface area contributed by atoms with Gasteiger partial charge in [-0.15, -0.1) is 0 Å². The van der Waals surface area contributed by atoms with E-state index in [9.17, 15) is 0 Å². The summed E-state index contributed by atoms with van der Waals surface area (Å²) in [7, 11) is 3.52. The normalized spacial score (nSPS) is 12.9. The zero-order valence-corrected chi connectivity index (χ0v) is 20.8. The number of aromatic nitrogens is 5. The highest BCUT2D eigenvalue weighted by atomic mass is 16.5. The van der Waals surface area contributed by atoms with Crippen molar-refractivity contribution in [3.05, 3.63) is 35.1 Å². The fraction of sp³-hybridized carbons (Fsp3) is 0.375. The summed E-state index contributed by atoms with van der Waals surface area (Å²) in [5.41, 5.74) is 11.3. The molecule has 0 aliphatic carbocycles. The molecule has 0 fully saturated rings. The Labute approximate surface area is 197 Å². The van der Waals surface area contributed by atoms with Crippen LogP contribution in [0.25, 0.3) is 33.2 Å². The van der Waals surface area contributed by atoms with Crippen molar-refractivity contribution < 1.29 is 9.26 Å². The van der Waals surface area contributed by atoms with Crippen LogP contribution in [0, 0.1) is 20.8 Å². The molecule has 4 aromatic heterocycles. The van der Waals surface area contributed by atoms with Crippen LogP contribution < -0.4 is 15.4 Å². The number of anilines is 1. The van der Waals surface area contributed by atoms with Gasteiger partial charge in [-0.1, -0.05) is 5.16 Å². The number of methoxy groups -OCH3 is 1. The second-order valence-electron chi connectivity index (χ2n) is 8.54. The van der Waals surface area contributed by atoms with Gasteiger partial charge in [0, 0.05) is 24.9 Å². The molecule has 3 N–H and O–H groups in total. The van der Waals surface area contributed by atoms with Crippen LogP contribution >= 0.6 is 0 Å². The molecule has 178 valence electrons. The molecule has 10 heteroatoms. The molecule has 4 aromatic rings. The highest BCUT2D eigenvalue weighted by Gasteiger charge is 2.24. The van der Waals surface area contributed by atoms with E-state index in [1.54, 1.807) is 13.3 Å². The molecule has 10 nitrogen and oxygen atoms in total. The Balaban J connectivity index is 2.03. The predicted molar refractivity (Wildman–Crippen MR) is 134 cm³/mol. The van der Waals surface area contributed by atoms with E-state index in [1.165, 1.54) is 0 Å². The molecular formula is C24H30N8O2. The van der Waals surface area contributed by atoms with Crippen LogP contribution in [0.2, 0.25) is 0 Å². The van der Waals surface area contributed by atoms with Crippen molar-refractivity contribution in [2.75, 3.05) is 19.1 Å². The molecule has 0 aromatic carbocycles. The quantitative estimate of drug-likeness (QED) is 0.333. The van der Waals surface area contributed by atoms with Crippen LogP contribution in [0.1, 0.15) is 38.0 Å². The van der Waals surface area contributed by atoms with Gasteiger partial charge in [-0.2, -0.15) is 0 Å². The lowest BCUT2D eigenvalue weighted by atomic mass is 10.0. The average molecular weight is 463 g/mol. The lowest BCUT2D eigenvalue weighted by Gasteiger charge is -2.23. The summed E-state index contributed by atoms with van der Waals surface area (Å²) in [5.74, 6) is 3.19. The van der Waals surface area contributed by atoms with Gasteiger partial charge in [-0.3, -0.25) is 4.99 Å². The number of rotatable bonds is 5. The number of H-pyrrole nitrogens is 1. The fourth-order valence-corrected chi connectivity index (χ4v) is 4.09. The number of likely N-dealkylation sites (N-methyl/N-ethyl adjacent to an activating group) is 1. The monoisotopic (exact) mass is 462 g/mol. The third-order valence-corrected chi connectivity index (χ3v) is 5.59. The van der Waals surface area contributed by atoms with Gasteiger partial charge in [0.15, 0.2) is 0 Å². The third-order valence-electron chi connectivity index (χ3n) is 5.59. The molecule has 0 aliphatic rings. The Morgan fingerprint density at radius 2 is 1.97 bits per heavy atom. The Morgan fingerprint density at radius 3 is 2.56 bits per heavy atom. The number of nitrogens with one attached hydrogen (secondary N) is 1. The molecule has 0 saturated carbocycles. The molecule has 0 bridgehead atoms. The molecule has 0 saturated heterocycles. The molecule has 0 radical (unpaired) electrons. The van der Waals surface area contributed by atoms with Crippen LogP contribution in [-0.2, 0) is 0 Å². The Bertz CT molecular complexity index is 1430. The highest BCUT2D eigenvalue weighted by Crippen LogP contribution is 2.39. The van der Waals surface area contributed by atoms with Crippen molar-refractivity contribution in [2.24, 2.45) is 10.7 Å². The van der Waals surface area contributed by atoms with Crippen molar-refractivity contribution >= 4 is 33.7 Å². The van der Waals surface area contributed by atoms with Crippen molar-refractivity contribution in [2.45, 2.75) is 47.6 Å². The zero-order chi connectivity index (χ0) is 24.7. The molecule has 4 rings (SSSR count). The molecular weight excluding hydrogens is 432 g/mol. The van der Waals surface area contributed by atoms with Crippen molar-refractivity contribution in [3.63, 3.8) is 0 Å². The maximum atomic E-state index is 5.85. The predicted octanol–water partition coefficient (Wildman–Crippen LogP) is 4.20. The van der Waals surface area contributed by atoms with Crippen LogP contribution in [0.5, 0.6) is 5.88 Å². The first kappa shape index (κ1) is 23.2. The number of hydrogen-bond donors (Lipinski definition) is 2. The van der Waals surface area contributed by atoms with Gasteiger partial charge >= 0.3 is 0 Å². The number of nitrogens with zero attached hydrogens (tertiary/aromatic N) is 6. The molecule has 0 amide bonds. The molecule has 0 spiro atoms. The number of aromatic amines is 1. The summed E-state index contributed by atoms with van der Waals surface area (Å²) in [5, 5.41) is 4.85. The lowest BCUT2D eigenvalue weighted by Crippen LogP contribution is -2.30. The van der Waals surface area contributed by atoms with Gasteiger partial charge in [-0.05, 0) is 47.6 Å². The van der Waals surface area contributed by atoms with E-state index in [4.69, 9.17) is 30.0 Å². The molecule has 4 heterocycles. The number of pyridine rings is 1. The largest absolute Gasteiger partial charge is 0.481 e. The van der Waals surface area contributed by atoms with E-state index in [0.29, 0.717) is 34.4 Å². The van der Waals surface area contributed by atoms with E-state index < -0.39 is 0 Å². The van der Waals surface area contributed by atoms with Crippen LogP contribution in [-0.4, -0.2) is 51.1 Å². The van der Waals surface area contributed by atoms with Crippen LogP contribution in [0.4, 0.5) is 5.82 Å². The van der Waals surface area contributed by atoms with Gasteiger partial charge in [0.2, 0.25) is 5.88 Å². The average Bonchev–Trinajstić information content (AvgIpc) is 3.32. The standard InChI is InChI=1S/C24H30N8O2/c1-11(2)26-22(12(3)10-25)32(7)23-19-20-17(29-21(19)27-15(6)28-23)9-16(24(30-20)33-8)18-13(4)31-34-14(18)5/h9-11H,25H2,1-8H3,(H,27,28,29). The van der Waals surface area contributed by atoms with Gasteiger partial charge in [0.1, 0.15) is 34.4 Å². The first-order valence-electron chi connectivity index (χ1n) is 11.0. The Morgan fingerprint density at radius 1 is 1.24 bits per heavy atom. The smallest absolute Gasteiger partial charge is 0.221 e. The summed E-state index contributed by atoms with van der Waals surface area (Å²) in [6.07, 6.45) is 1.55. The minimum atomic E-state index is 0.0737. The summed E-state index contributed by atoms with van der Waals surface area (Å²) >= 11 is 0. The van der Waals surface area contributed by atoms with E-state index in [1.807, 2.05) is 59.6 Å². The maximum Gasteiger partial charge on any atom is 0.221 e. The summed E-state index contributed by atoms with van der Waals surface area (Å²) < 4.78 is 11.1. The first-order chi connectivity index (χ1) is 16.2. The summed E-state index contributed by atoms with van der Waals surface area (Å²) in [6, 6.07) is 2.06. The highest BCUT2D eigenvalue weighted by molar-refractivity contribution is 6.17. The van der Waals surface area contributed by atoms with Crippen LogP contribution in [0.3, 0.4) is 0 Å². The number of fused-ring (bicyclic) bond motifs is 3. The minimum Gasteiger partial charge on any atom is -0.481 e. The van der Waals surface area contributed by atoms with E-state index in [2.05, 4.69) is 15.1 Å². The zero-order valence-electron chi connectivity index (χ0n) is 20.8. The van der Waals surface area contributed by atoms with Crippen molar-refractivity contribution in [3.8, 4) is 17.0 Å². The SMILES string of the molecule is COc1nc2c(cc1-c1c(C)noc1C)[nH]c1nc(C)nc(N(C)C(=NC(C)C)C(C)=CN)c12.